The van der Waals surface area contributed by atoms with Crippen LogP contribution in [-0.4, -0.2) is 17.2 Å². The highest BCUT2D eigenvalue weighted by atomic mass is 16.5. The first-order valence-electron chi connectivity index (χ1n) is 4.47. The molecular formula is C11H14O3. The van der Waals surface area contributed by atoms with Crippen LogP contribution in [0, 0.1) is 13.8 Å². The van der Waals surface area contributed by atoms with E-state index in [0.29, 0.717) is 5.75 Å². The largest absolute Gasteiger partial charge is 0.479 e. The van der Waals surface area contributed by atoms with Gasteiger partial charge in [0.05, 0.1) is 0 Å². The molecule has 1 rings (SSSR count). The molecule has 0 bridgehead atoms. The van der Waals surface area contributed by atoms with Gasteiger partial charge in [-0.1, -0.05) is 12.1 Å². The standard InChI is InChI=1S/C11H14O3/c1-7-4-5-8(2)10(6-7)14-9(3)11(12)13/h4-6,9H,1-3H3,(H,12,13). The van der Waals surface area contributed by atoms with E-state index in [9.17, 15) is 4.79 Å². The molecule has 0 aliphatic carbocycles. The van der Waals surface area contributed by atoms with E-state index >= 15 is 0 Å². The summed E-state index contributed by atoms with van der Waals surface area (Å²) >= 11 is 0. The lowest BCUT2D eigenvalue weighted by molar-refractivity contribution is -0.144. The van der Waals surface area contributed by atoms with Crippen molar-refractivity contribution >= 4 is 5.97 Å². The van der Waals surface area contributed by atoms with Gasteiger partial charge in [-0.3, -0.25) is 0 Å². The van der Waals surface area contributed by atoms with Gasteiger partial charge in [-0.2, -0.15) is 0 Å². The number of hydrogen-bond donors (Lipinski definition) is 1. The molecule has 0 fully saturated rings. The monoisotopic (exact) mass is 194 g/mol. The minimum absolute atomic E-state index is 0.639. The van der Waals surface area contributed by atoms with Gasteiger partial charge in [-0.15, -0.1) is 0 Å². The molecule has 76 valence electrons. The number of benzene rings is 1. The second kappa shape index (κ2) is 4.13. The summed E-state index contributed by atoms with van der Waals surface area (Å²) < 4.78 is 5.29. The summed E-state index contributed by atoms with van der Waals surface area (Å²) in [4.78, 5) is 10.6. The van der Waals surface area contributed by atoms with Crippen LogP contribution in [0.15, 0.2) is 18.2 Å². The molecule has 1 unspecified atom stereocenters. The maximum atomic E-state index is 10.6. The Balaban J connectivity index is 2.85. The summed E-state index contributed by atoms with van der Waals surface area (Å²) in [6.45, 7) is 5.35. The van der Waals surface area contributed by atoms with E-state index in [1.54, 1.807) is 0 Å². The maximum Gasteiger partial charge on any atom is 0.344 e. The number of aliphatic carboxylic acids is 1. The molecule has 1 aromatic carbocycles. The number of carboxylic acids is 1. The minimum Gasteiger partial charge on any atom is -0.479 e. The fourth-order valence-corrected chi connectivity index (χ4v) is 1.08. The molecule has 0 saturated carbocycles. The molecule has 14 heavy (non-hydrogen) atoms. The third-order valence-electron chi connectivity index (χ3n) is 2.00. The number of carboxylic acid groups (broad SMARTS) is 1. The fourth-order valence-electron chi connectivity index (χ4n) is 1.08. The van der Waals surface area contributed by atoms with Gasteiger partial charge in [0.25, 0.3) is 0 Å². The molecule has 3 nitrogen and oxygen atoms in total. The Labute approximate surface area is 83.3 Å². The van der Waals surface area contributed by atoms with E-state index in [1.165, 1.54) is 6.92 Å². The molecule has 0 spiro atoms. The van der Waals surface area contributed by atoms with Crippen LogP contribution in [0.1, 0.15) is 18.1 Å². The summed E-state index contributed by atoms with van der Waals surface area (Å²) in [7, 11) is 0. The zero-order valence-electron chi connectivity index (χ0n) is 8.57. The van der Waals surface area contributed by atoms with Crippen LogP contribution >= 0.6 is 0 Å². The molecule has 0 aliphatic heterocycles. The molecule has 0 heterocycles. The Hall–Kier alpha value is -1.51. The van der Waals surface area contributed by atoms with Gasteiger partial charge in [-0.25, -0.2) is 4.79 Å². The predicted octanol–water partition coefficient (Wildman–Crippen LogP) is 2.16. The van der Waals surface area contributed by atoms with Crippen molar-refractivity contribution in [3.8, 4) is 5.75 Å². The fraction of sp³-hybridized carbons (Fsp3) is 0.364. The third-order valence-corrected chi connectivity index (χ3v) is 2.00. The SMILES string of the molecule is Cc1ccc(C)c(OC(C)C(=O)O)c1. The van der Waals surface area contributed by atoms with Crippen LogP contribution in [0.4, 0.5) is 0 Å². The Bertz CT molecular complexity index is 344. The maximum absolute atomic E-state index is 10.6. The molecule has 0 radical (unpaired) electrons. The smallest absolute Gasteiger partial charge is 0.344 e. The first kappa shape index (κ1) is 10.6. The Morgan fingerprint density at radius 1 is 1.43 bits per heavy atom. The first-order chi connectivity index (χ1) is 6.50. The van der Waals surface area contributed by atoms with Crippen LogP contribution < -0.4 is 4.74 Å². The number of rotatable bonds is 3. The number of carbonyl (C=O) groups is 1. The van der Waals surface area contributed by atoms with E-state index in [4.69, 9.17) is 9.84 Å². The van der Waals surface area contributed by atoms with Crippen LogP contribution in [0.25, 0.3) is 0 Å². The van der Waals surface area contributed by atoms with Gasteiger partial charge in [0, 0.05) is 0 Å². The van der Waals surface area contributed by atoms with Crippen molar-refractivity contribution in [1.29, 1.82) is 0 Å². The molecule has 0 aliphatic rings. The highest BCUT2D eigenvalue weighted by Gasteiger charge is 2.13. The van der Waals surface area contributed by atoms with E-state index in [2.05, 4.69) is 0 Å². The molecule has 1 N–H and O–H groups in total. The van der Waals surface area contributed by atoms with Crippen LogP contribution in [0.3, 0.4) is 0 Å². The van der Waals surface area contributed by atoms with E-state index in [0.717, 1.165) is 11.1 Å². The van der Waals surface area contributed by atoms with Crippen molar-refractivity contribution < 1.29 is 14.6 Å². The van der Waals surface area contributed by atoms with Crippen molar-refractivity contribution in [2.24, 2.45) is 0 Å². The highest BCUT2D eigenvalue weighted by Crippen LogP contribution is 2.20. The van der Waals surface area contributed by atoms with Gasteiger partial charge in [0.2, 0.25) is 0 Å². The lowest BCUT2D eigenvalue weighted by Crippen LogP contribution is -2.23. The number of hydrogen-bond acceptors (Lipinski definition) is 2. The van der Waals surface area contributed by atoms with Crippen molar-refractivity contribution in [3.63, 3.8) is 0 Å². The second-order valence-electron chi connectivity index (χ2n) is 3.37. The van der Waals surface area contributed by atoms with Gasteiger partial charge in [0.15, 0.2) is 6.10 Å². The normalized spacial score (nSPS) is 12.2. The summed E-state index contributed by atoms with van der Waals surface area (Å²) in [6.07, 6.45) is -0.810. The third kappa shape index (κ3) is 2.49. The Kier molecular flexibility index (Phi) is 3.12. The lowest BCUT2D eigenvalue weighted by Gasteiger charge is -2.12. The van der Waals surface area contributed by atoms with Crippen molar-refractivity contribution in [3.05, 3.63) is 29.3 Å². The Morgan fingerprint density at radius 2 is 2.07 bits per heavy atom. The quantitative estimate of drug-likeness (QED) is 0.802. The molecular weight excluding hydrogens is 180 g/mol. The van der Waals surface area contributed by atoms with Gasteiger partial charge >= 0.3 is 5.97 Å². The summed E-state index contributed by atoms with van der Waals surface area (Å²) in [5, 5.41) is 8.68. The molecule has 0 aromatic heterocycles. The predicted molar refractivity (Wildman–Crippen MR) is 53.6 cm³/mol. The van der Waals surface area contributed by atoms with E-state index in [-0.39, 0.29) is 0 Å². The van der Waals surface area contributed by atoms with Crippen molar-refractivity contribution in [1.82, 2.24) is 0 Å². The lowest BCUT2D eigenvalue weighted by atomic mass is 10.1. The van der Waals surface area contributed by atoms with Crippen molar-refractivity contribution in [2.45, 2.75) is 26.9 Å². The van der Waals surface area contributed by atoms with Crippen LogP contribution in [-0.2, 0) is 4.79 Å². The van der Waals surface area contributed by atoms with Crippen molar-refractivity contribution in [2.75, 3.05) is 0 Å². The van der Waals surface area contributed by atoms with Gasteiger partial charge < -0.3 is 9.84 Å². The molecule has 1 aromatic rings. The van der Waals surface area contributed by atoms with Crippen LogP contribution in [0.5, 0.6) is 5.75 Å². The molecule has 0 amide bonds. The number of aryl methyl sites for hydroxylation is 2. The summed E-state index contributed by atoms with van der Waals surface area (Å²) in [5.41, 5.74) is 2.01. The van der Waals surface area contributed by atoms with Gasteiger partial charge in [0.1, 0.15) is 5.75 Å². The van der Waals surface area contributed by atoms with E-state index < -0.39 is 12.1 Å². The zero-order valence-corrected chi connectivity index (χ0v) is 8.57. The number of ether oxygens (including phenoxy) is 1. The Morgan fingerprint density at radius 3 is 2.64 bits per heavy atom. The average molecular weight is 194 g/mol. The van der Waals surface area contributed by atoms with Crippen LogP contribution in [0.2, 0.25) is 0 Å². The van der Waals surface area contributed by atoms with Gasteiger partial charge in [-0.05, 0) is 38.0 Å². The molecule has 3 heteroatoms. The summed E-state index contributed by atoms with van der Waals surface area (Å²) in [6, 6.07) is 5.72. The first-order valence-corrected chi connectivity index (χ1v) is 4.47. The zero-order chi connectivity index (χ0) is 10.7. The molecule has 1 atom stereocenters. The topological polar surface area (TPSA) is 46.5 Å². The average Bonchev–Trinajstić information content (AvgIpc) is 2.11. The second-order valence-corrected chi connectivity index (χ2v) is 3.37. The highest BCUT2D eigenvalue weighted by molar-refractivity contribution is 5.72. The minimum atomic E-state index is -0.953. The van der Waals surface area contributed by atoms with E-state index in [1.807, 2.05) is 32.0 Å². The molecule has 0 saturated heterocycles. The summed E-state index contributed by atoms with van der Waals surface area (Å²) in [5.74, 6) is -0.314.